The van der Waals surface area contributed by atoms with Crippen molar-refractivity contribution in [3.63, 3.8) is 0 Å². The molecule has 2 aliphatic heterocycles. The van der Waals surface area contributed by atoms with Crippen LogP contribution in [0.25, 0.3) is 0 Å². The highest BCUT2D eigenvalue weighted by Crippen LogP contribution is 2.44. The third-order valence-corrected chi connectivity index (χ3v) is 6.06. The molecule has 4 nitrogen and oxygen atoms in total. The molecule has 3 heterocycles. The average molecular weight is 370 g/mol. The molecule has 0 unspecified atom stereocenters. The number of anilines is 1. The Morgan fingerprint density at radius 2 is 2.04 bits per heavy atom. The maximum atomic E-state index is 13.3. The van der Waals surface area contributed by atoms with Crippen LogP contribution in [0.3, 0.4) is 0 Å². The van der Waals surface area contributed by atoms with Gasteiger partial charge in [0, 0.05) is 43.2 Å². The van der Waals surface area contributed by atoms with Crippen molar-refractivity contribution < 1.29 is 13.6 Å². The van der Waals surface area contributed by atoms with Gasteiger partial charge in [0.25, 0.3) is 0 Å². The van der Waals surface area contributed by atoms with Crippen LogP contribution in [0.4, 0.5) is 10.1 Å². The van der Waals surface area contributed by atoms with Crippen LogP contribution in [0, 0.1) is 11.7 Å². The van der Waals surface area contributed by atoms with Crippen molar-refractivity contribution in [1.29, 1.82) is 0 Å². The van der Waals surface area contributed by atoms with Gasteiger partial charge in [-0.3, -0.25) is 4.79 Å². The summed E-state index contributed by atoms with van der Waals surface area (Å²) < 4.78 is 18.7. The third-order valence-electron chi connectivity index (χ3n) is 6.06. The Morgan fingerprint density at radius 3 is 2.74 bits per heavy atom. The van der Waals surface area contributed by atoms with E-state index in [0.717, 1.165) is 37.4 Å². The molecule has 1 amide bonds. The standard InChI is InChI=1S/C22H27FN2O2/c1-22(2)14-16-15-24(21(26)10-9-19-4-3-13-27-19)12-11-20(16)25(22)18-7-5-17(23)6-8-18/h3-8,13,16,20H,9-12,14-15H2,1-2H3/t16-,20+/m1/s1. The van der Waals surface area contributed by atoms with Crippen LogP contribution < -0.4 is 4.90 Å². The van der Waals surface area contributed by atoms with Crippen LogP contribution >= 0.6 is 0 Å². The Hall–Kier alpha value is -2.30. The summed E-state index contributed by atoms with van der Waals surface area (Å²) in [5.74, 6) is 1.32. The summed E-state index contributed by atoms with van der Waals surface area (Å²) in [6.07, 6.45) is 4.80. The zero-order chi connectivity index (χ0) is 19.0. The first-order chi connectivity index (χ1) is 12.9. The lowest BCUT2D eigenvalue weighted by Crippen LogP contribution is -2.50. The summed E-state index contributed by atoms with van der Waals surface area (Å²) in [5.41, 5.74) is 1.08. The number of carbonyl (C=O) groups is 1. The lowest BCUT2D eigenvalue weighted by atomic mass is 9.89. The predicted octanol–water partition coefficient (Wildman–Crippen LogP) is 4.26. The second-order valence-electron chi connectivity index (χ2n) is 8.40. The number of aryl methyl sites for hydroxylation is 1. The number of benzene rings is 1. The Balaban J connectivity index is 1.43. The maximum absolute atomic E-state index is 13.3. The van der Waals surface area contributed by atoms with E-state index in [9.17, 15) is 9.18 Å². The molecular formula is C22H27FN2O2. The van der Waals surface area contributed by atoms with E-state index in [1.54, 1.807) is 6.26 Å². The zero-order valence-electron chi connectivity index (χ0n) is 16.0. The number of rotatable bonds is 4. The monoisotopic (exact) mass is 370 g/mol. The lowest BCUT2D eigenvalue weighted by molar-refractivity contribution is -0.133. The molecule has 0 N–H and O–H groups in total. The van der Waals surface area contributed by atoms with E-state index in [0.29, 0.717) is 24.8 Å². The summed E-state index contributed by atoms with van der Waals surface area (Å²) in [4.78, 5) is 17.1. The van der Waals surface area contributed by atoms with Crippen LogP contribution in [0.15, 0.2) is 47.1 Å². The van der Waals surface area contributed by atoms with E-state index in [1.807, 2.05) is 29.2 Å². The van der Waals surface area contributed by atoms with Crippen LogP contribution in [0.5, 0.6) is 0 Å². The molecule has 2 fully saturated rings. The molecule has 144 valence electrons. The highest BCUT2D eigenvalue weighted by molar-refractivity contribution is 5.76. The van der Waals surface area contributed by atoms with Crippen molar-refractivity contribution in [2.75, 3.05) is 18.0 Å². The second-order valence-corrected chi connectivity index (χ2v) is 8.40. The highest BCUT2D eigenvalue weighted by atomic mass is 19.1. The first-order valence-corrected chi connectivity index (χ1v) is 9.79. The molecule has 0 spiro atoms. The fourth-order valence-corrected chi connectivity index (χ4v) is 4.96. The van der Waals surface area contributed by atoms with Gasteiger partial charge in [-0.25, -0.2) is 4.39 Å². The van der Waals surface area contributed by atoms with Crippen molar-refractivity contribution in [2.45, 2.75) is 51.1 Å². The van der Waals surface area contributed by atoms with Crippen molar-refractivity contribution in [3.8, 4) is 0 Å². The van der Waals surface area contributed by atoms with Gasteiger partial charge in [0.05, 0.1) is 6.26 Å². The lowest BCUT2D eigenvalue weighted by Gasteiger charge is -2.42. The fraction of sp³-hybridized carbons (Fsp3) is 0.500. The van der Waals surface area contributed by atoms with Crippen LogP contribution in [0.2, 0.25) is 0 Å². The van der Waals surface area contributed by atoms with Gasteiger partial charge in [-0.05, 0) is 69.0 Å². The number of piperidine rings is 1. The molecule has 1 aromatic carbocycles. The molecule has 0 radical (unpaired) electrons. The van der Waals surface area contributed by atoms with E-state index in [1.165, 1.54) is 12.1 Å². The van der Waals surface area contributed by atoms with Crippen LogP contribution in [0.1, 0.15) is 38.9 Å². The normalized spacial score (nSPS) is 24.1. The number of nitrogens with zero attached hydrogens (tertiary/aromatic N) is 2. The Morgan fingerprint density at radius 1 is 1.26 bits per heavy atom. The Labute approximate surface area is 159 Å². The fourth-order valence-electron chi connectivity index (χ4n) is 4.96. The molecule has 4 rings (SSSR count). The molecule has 2 saturated heterocycles. The third kappa shape index (κ3) is 3.60. The number of fused-ring (bicyclic) bond motifs is 1. The predicted molar refractivity (Wildman–Crippen MR) is 103 cm³/mol. The van der Waals surface area contributed by atoms with Gasteiger partial charge in [-0.15, -0.1) is 0 Å². The molecule has 2 atom stereocenters. The number of hydrogen-bond acceptors (Lipinski definition) is 3. The number of halogens is 1. The SMILES string of the molecule is CC1(C)C[C@@H]2CN(C(=O)CCc3ccco3)CC[C@@H]2N1c1ccc(F)cc1. The van der Waals surface area contributed by atoms with Crippen LogP contribution in [-0.2, 0) is 11.2 Å². The molecule has 0 aliphatic carbocycles. The minimum atomic E-state index is -0.204. The van der Waals surface area contributed by atoms with Gasteiger partial charge in [0.2, 0.25) is 5.91 Å². The first-order valence-electron chi connectivity index (χ1n) is 9.79. The molecule has 0 saturated carbocycles. The van der Waals surface area contributed by atoms with E-state index in [-0.39, 0.29) is 17.3 Å². The number of likely N-dealkylation sites (tertiary alicyclic amines) is 1. The van der Waals surface area contributed by atoms with E-state index >= 15 is 0 Å². The largest absolute Gasteiger partial charge is 0.469 e. The Kier molecular flexibility index (Phi) is 4.70. The van der Waals surface area contributed by atoms with Gasteiger partial charge in [-0.1, -0.05) is 0 Å². The molecule has 27 heavy (non-hydrogen) atoms. The summed E-state index contributed by atoms with van der Waals surface area (Å²) in [6, 6.07) is 11.0. The summed E-state index contributed by atoms with van der Waals surface area (Å²) in [5, 5.41) is 0. The topological polar surface area (TPSA) is 36.7 Å². The summed E-state index contributed by atoms with van der Waals surface area (Å²) >= 11 is 0. The highest BCUT2D eigenvalue weighted by Gasteiger charge is 2.48. The van der Waals surface area contributed by atoms with E-state index in [2.05, 4.69) is 18.7 Å². The molecule has 2 aromatic rings. The van der Waals surface area contributed by atoms with Crippen molar-refractivity contribution >= 4 is 11.6 Å². The first kappa shape index (κ1) is 18.1. The van der Waals surface area contributed by atoms with Crippen molar-refractivity contribution in [1.82, 2.24) is 4.90 Å². The number of amides is 1. The van der Waals surface area contributed by atoms with Gasteiger partial charge in [0.1, 0.15) is 11.6 Å². The Bertz CT molecular complexity index is 785. The number of hydrogen-bond donors (Lipinski definition) is 0. The zero-order valence-corrected chi connectivity index (χ0v) is 16.0. The molecule has 1 aromatic heterocycles. The smallest absolute Gasteiger partial charge is 0.223 e. The van der Waals surface area contributed by atoms with Gasteiger partial charge >= 0.3 is 0 Å². The van der Waals surface area contributed by atoms with Gasteiger partial charge < -0.3 is 14.2 Å². The van der Waals surface area contributed by atoms with E-state index in [4.69, 9.17) is 4.42 Å². The molecule has 0 bridgehead atoms. The number of furan rings is 1. The summed E-state index contributed by atoms with van der Waals surface area (Å²) in [7, 11) is 0. The maximum Gasteiger partial charge on any atom is 0.223 e. The minimum Gasteiger partial charge on any atom is -0.469 e. The second kappa shape index (κ2) is 7.02. The van der Waals surface area contributed by atoms with Gasteiger partial charge in [-0.2, -0.15) is 0 Å². The average Bonchev–Trinajstić information content (AvgIpc) is 3.24. The quantitative estimate of drug-likeness (QED) is 0.807. The van der Waals surface area contributed by atoms with Crippen molar-refractivity contribution in [3.05, 3.63) is 54.2 Å². The van der Waals surface area contributed by atoms with E-state index < -0.39 is 0 Å². The van der Waals surface area contributed by atoms with Crippen LogP contribution in [-0.4, -0.2) is 35.5 Å². The summed E-state index contributed by atoms with van der Waals surface area (Å²) in [6.45, 7) is 6.09. The molecule has 5 heteroatoms. The molecular weight excluding hydrogens is 343 g/mol. The minimum absolute atomic E-state index is 0.000386. The van der Waals surface area contributed by atoms with Gasteiger partial charge in [0.15, 0.2) is 0 Å². The molecule has 2 aliphatic rings. The number of carbonyl (C=O) groups excluding carboxylic acids is 1. The van der Waals surface area contributed by atoms with Crippen molar-refractivity contribution in [2.24, 2.45) is 5.92 Å².